The van der Waals surface area contributed by atoms with Crippen LogP contribution in [0.15, 0.2) is 0 Å². The minimum atomic E-state index is -4.96. The van der Waals surface area contributed by atoms with Gasteiger partial charge in [-0.25, -0.2) is 9.13 Å². The number of carbonyl (C=O) groups is 4. The monoisotopic (exact) mass is 1400 g/mol. The van der Waals surface area contributed by atoms with E-state index in [0.717, 1.165) is 114 Å². The zero-order valence-electron chi connectivity index (χ0n) is 62.1. The molecule has 0 aliphatic rings. The molecule has 0 spiro atoms. The second-order valence-electron chi connectivity index (χ2n) is 28.8. The highest BCUT2D eigenvalue weighted by Crippen LogP contribution is 2.45. The normalized spacial score (nSPS) is 14.1. The van der Waals surface area contributed by atoms with Crippen LogP contribution in [0.1, 0.15) is 389 Å². The largest absolute Gasteiger partial charge is 0.472 e. The van der Waals surface area contributed by atoms with Gasteiger partial charge in [-0.2, -0.15) is 0 Å². The third-order valence-corrected chi connectivity index (χ3v) is 19.5. The summed E-state index contributed by atoms with van der Waals surface area (Å²) in [6.45, 7) is 11.9. The number of esters is 4. The summed E-state index contributed by atoms with van der Waals surface area (Å²) >= 11 is 0. The van der Waals surface area contributed by atoms with Crippen molar-refractivity contribution in [2.45, 2.75) is 407 Å². The molecular formula is C76H148O17P2. The van der Waals surface area contributed by atoms with Crippen LogP contribution in [-0.2, 0) is 65.4 Å². The predicted molar refractivity (Wildman–Crippen MR) is 386 cm³/mol. The number of ether oxygens (including phenoxy) is 4. The highest BCUT2D eigenvalue weighted by atomic mass is 31.2. The molecule has 0 fully saturated rings. The first kappa shape index (κ1) is 93.1. The molecule has 5 atom stereocenters. The molecule has 0 saturated heterocycles. The fourth-order valence-corrected chi connectivity index (χ4v) is 13.2. The van der Waals surface area contributed by atoms with Gasteiger partial charge in [-0.15, -0.1) is 0 Å². The van der Waals surface area contributed by atoms with Crippen LogP contribution in [0.5, 0.6) is 0 Å². The maximum absolute atomic E-state index is 13.1. The standard InChI is InChI=1S/C76H148O17P2/c1-8-9-10-40-50-57-73(78)86-63-71(92-75(80)60-53-46-39-33-27-21-24-30-36-43-49-56-69(6)7)65-90-94(82,83)88-61-70(77)62-89-95(84,85)91-66-72(64-87-74(79)58-51-44-37-31-25-19-16-15-18-23-29-35-42-48-55-68(4)5)93-76(81)59-52-45-38-32-26-20-14-12-11-13-17-22-28-34-41-47-54-67(2)3/h67-72,77H,8-66H2,1-7H3,(H,82,83)(H,84,85)/t70-,71+,72+/m0/s1. The van der Waals surface area contributed by atoms with E-state index in [4.69, 9.17) is 37.0 Å². The van der Waals surface area contributed by atoms with Gasteiger partial charge in [-0.3, -0.25) is 37.3 Å². The van der Waals surface area contributed by atoms with E-state index in [1.54, 1.807) is 0 Å². The lowest BCUT2D eigenvalue weighted by atomic mass is 10.0. The summed E-state index contributed by atoms with van der Waals surface area (Å²) in [5.41, 5.74) is 0. The fourth-order valence-electron chi connectivity index (χ4n) is 11.6. The van der Waals surface area contributed by atoms with Crippen molar-refractivity contribution >= 4 is 39.5 Å². The molecule has 0 saturated carbocycles. The van der Waals surface area contributed by atoms with Crippen molar-refractivity contribution in [1.82, 2.24) is 0 Å². The van der Waals surface area contributed by atoms with Crippen LogP contribution in [0.25, 0.3) is 0 Å². The Labute approximate surface area is 581 Å². The van der Waals surface area contributed by atoms with Gasteiger partial charge in [0, 0.05) is 25.7 Å². The molecule has 0 aromatic carbocycles. The Bertz CT molecular complexity index is 1850. The first-order chi connectivity index (χ1) is 45.7. The number of hydrogen-bond donors (Lipinski definition) is 3. The second kappa shape index (κ2) is 66.6. The van der Waals surface area contributed by atoms with Crippen molar-refractivity contribution < 1.29 is 80.2 Å². The summed E-state index contributed by atoms with van der Waals surface area (Å²) in [4.78, 5) is 72.5. The van der Waals surface area contributed by atoms with Gasteiger partial charge in [-0.1, -0.05) is 337 Å². The van der Waals surface area contributed by atoms with Crippen LogP contribution in [0.4, 0.5) is 0 Å². The number of phosphoric acid groups is 2. The van der Waals surface area contributed by atoms with Gasteiger partial charge in [0.15, 0.2) is 12.2 Å². The average Bonchev–Trinajstić information content (AvgIpc) is 1.31. The van der Waals surface area contributed by atoms with Crippen molar-refractivity contribution in [2.24, 2.45) is 17.8 Å². The van der Waals surface area contributed by atoms with Crippen LogP contribution in [0.3, 0.4) is 0 Å². The number of aliphatic hydroxyl groups is 1. The van der Waals surface area contributed by atoms with Gasteiger partial charge in [0.05, 0.1) is 26.4 Å². The number of phosphoric ester groups is 2. The van der Waals surface area contributed by atoms with Crippen LogP contribution in [0.2, 0.25) is 0 Å². The van der Waals surface area contributed by atoms with Crippen molar-refractivity contribution in [1.29, 1.82) is 0 Å². The second-order valence-corrected chi connectivity index (χ2v) is 31.7. The van der Waals surface area contributed by atoms with Crippen molar-refractivity contribution in [3.8, 4) is 0 Å². The molecule has 17 nitrogen and oxygen atoms in total. The Balaban J connectivity index is 5.14. The van der Waals surface area contributed by atoms with Gasteiger partial charge in [0.25, 0.3) is 0 Å². The van der Waals surface area contributed by atoms with Gasteiger partial charge >= 0.3 is 39.5 Å². The van der Waals surface area contributed by atoms with E-state index in [2.05, 4.69) is 48.5 Å². The fraction of sp³-hybridized carbons (Fsp3) is 0.947. The quantitative estimate of drug-likeness (QED) is 0.0222. The highest BCUT2D eigenvalue weighted by Gasteiger charge is 2.30. The smallest absolute Gasteiger partial charge is 0.462 e. The van der Waals surface area contributed by atoms with Crippen LogP contribution in [-0.4, -0.2) is 96.7 Å². The minimum Gasteiger partial charge on any atom is -0.462 e. The molecular weight excluding hydrogens is 1250 g/mol. The predicted octanol–water partition coefficient (Wildman–Crippen LogP) is 22.2. The summed E-state index contributed by atoms with van der Waals surface area (Å²) in [5, 5.41) is 10.6. The first-order valence-electron chi connectivity index (χ1n) is 39.3. The Morgan fingerprint density at radius 1 is 0.284 bits per heavy atom. The topological polar surface area (TPSA) is 237 Å². The summed E-state index contributed by atoms with van der Waals surface area (Å²) in [6, 6.07) is 0. The van der Waals surface area contributed by atoms with Crippen LogP contribution in [0, 0.1) is 17.8 Å². The Hall–Kier alpha value is -1.94. The number of hydrogen-bond acceptors (Lipinski definition) is 15. The number of aliphatic hydroxyl groups excluding tert-OH is 1. The third-order valence-electron chi connectivity index (χ3n) is 17.6. The van der Waals surface area contributed by atoms with E-state index in [9.17, 15) is 43.2 Å². The van der Waals surface area contributed by atoms with Gasteiger partial charge in [0.1, 0.15) is 19.3 Å². The molecule has 0 rings (SSSR count). The van der Waals surface area contributed by atoms with E-state index < -0.39 is 97.5 Å². The molecule has 0 aromatic heterocycles. The molecule has 0 aliphatic carbocycles. The van der Waals surface area contributed by atoms with Crippen LogP contribution >= 0.6 is 15.6 Å². The lowest BCUT2D eigenvalue weighted by Gasteiger charge is -2.21. The molecule has 0 radical (unpaired) electrons. The zero-order chi connectivity index (χ0) is 70.1. The molecule has 0 heterocycles. The molecule has 19 heteroatoms. The summed E-state index contributed by atoms with van der Waals surface area (Å²) < 4.78 is 68.3. The Morgan fingerprint density at radius 2 is 0.484 bits per heavy atom. The Kier molecular flexibility index (Phi) is 65.2. The molecule has 3 N–H and O–H groups in total. The van der Waals surface area contributed by atoms with E-state index in [0.29, 0.717) is 25.7 Å². The van der Waals surface area contributed by atoms with Crippen molar-refractivity contribution in [3.63, 3.8) is 0 Å². The summed E-state index contributed by atoms with van der Waals surface area (Å²) in [7, 11) is -9.90. The van der Waals surface area contributed by atoms with Gasteiger partial charge in [0.2, 0.25) is 0 Å². The summed E-state index contributed by atoms with van der Waals surface area (Å²) in [5.74, 6) is 0.246. The number of rotatable bonds is 74. The Morgan fingerprint density at radius 3 is 0.716 bits per heavy atom. The lowest BCUT2D eigenvalue weighted by Crippen LogP contribution is -2.30. The molecule has 0 aromatic rings. The highest BCUT2D eigenvalue weighted by molar-refractivity contribution is 7.47. The van der Waals surface area contributed by atoms with Gasteiger partial charge < -0.3 is 33.8 Å². The first-order valence-corrected chi connectivity index (χ1v) is 42.3. The number of unbranched alkanes of at least 4 members (excludes halogenated alkanes) is 42. The maximum atomic E-state index is 13.1. The molecule has 0 amide bonds. The SMILES string of the molecule is CCCCCCCC(=O)OC[C@H](COP(=O)(O)OC[C@H](O)COP(=O)(O)OC[C@@H](COC(=O)CCCCCCCCCCCCCCCCC(C)C)OC(=O)CCCCCCCCCCCCCCCCCCC(C)C)OC(=O)CCCCCCCCCCCCCC(C)C. The molecule has 2 unspecified atom stereocenters. The van der Waals surface area contributed by atoms with Crippen molar-refractivity contribution in [2.75, 3.05) is 39.6 Å². The van der Waals surface area contributed by atoms with Crippen molar-refractivity contribution in [3.05, 3.63) is 0 Å². The van der Waals surface area contributed by atoms with E-state index in [-0.39, 0.29) is 25.7 Å². The number of carbonyl (C=O) groups excluding carboxylic acids is 4. The third kappa shape index (κ3) is 70.3. The molecule has 95 heavy (non-hydrogen) atoms. The lowest BCUT2D eigenvalue weighted by molar-refractivity contribution is -0.161. The van der Waals surface area contributed by atoms with E-state index in [1.807, 2.05) is 0 Å². The van der Waals surface area contributed by atoms with Gasteiger partial charge in [-0.05, 0) is 43.4 Å². The van der Waals surface area contributed by atoms with E-state index >= 15 is 0 Å². The maximum Gasteiger partial charge on any atom is 0.472 e. The van der Waals surface area contributed by atoms with E-state index in [1.165, 1.54) is 193 Å². The van der Waals surface area contributed by atoms with Crippen LogP contribution < -0.4 is 0 Å². The average molecular weight is 1400 g/mol. The molecule has 0 bridgehead atoms. The molecule has 564 valence electrons. The minimum absolute atomic E-state index is 0.105. The summed E-state index contributed by atoms with van der Waals surface area (Å²) in [6.07, 6.45) is 53.1. The zero-order valence-corrected chi connectivity index (χ0v) is 63.9. The molecule has 0 aliphatic heterocycles.